The van der Waals surface area contributed by atoms with Crippen LogP contribution in [0.2, 0.25) is 0 Å². The number of hydrogen-bond donors (Lipinski definition) is 1. The fourth-order valence-electron chi connectivity index (χ4n) is 1.93. The van der Waals surface area contributed by atoms with E-state index in [0.717, 1.165) is 11.3 Å². The average Bonchev–Trinajstić information content (AvgIpc) is 2.94. The van der Waals surface area contributed by atoms with Crippen LogP contribution in [-0.4, -0.2) is 35.9 Å². The van der Waals surface area contributed by atoms with Crippen molar-refractivity contribution in [1.82, 2.24) is 4.98 Å². The molecule has 25 heavy (non-hydrogen) atoms. The van der Waals surface area contributed by atoms with Gasteiger partial charge in [0.1, 0.15) is 10.6 Å². The van der Waals surface area contributed by atoms with E-state index in [4.69, 9.17) is 9.47 Å². The minimum atomic E-state index is -0.459. The third-order valence-corrected chi connectivity index (χ3v) is 4.19. The fourth-order valence-corrected chi connectivity index (χ4v) is 2.80. The van der Waals surface area contributed by atoms with Gasteiger partial charge in [-0.2, -0.15) is 0 Å². The number of esters is 1. The Bertz CT molecular complexity index is 783. The number of nitrogens with zero attached hydrogens (tertiary/aromatic N) is 1. The number of amides is 1. The van der Waals surface area contributed by atoms with Gasteiger partial charge in [0.2, 0.25) is 0 Å². The summed E-state index contributed by atoms with van der Waals surface area (Å²) >= 11 is 1.05. The Morgan fingerprint density at radius 2 is 1.88 bits per heavy atom. The lowest BCUT2D eigenvalue weighted by Gasteiger charge is -2.06. The molecule has 132 valence electrons. The van der Waals surface area contributed by atoms with Gasteiger partial charge >= 0.3 is 5.97 Å². The summed E-state index contributed by atoms with van der Waals surface area (Å²) in [6.45, 7) is 4.92. The molecule has 0 fully saturated rings. The third kappa shape index (κ3) is 5.12. The maximum atomic E-state index is 11.9. The number of aromatic nitrogens is 1. The van der Waals surface area contributed by atoms with Gasteiger partial charge in [-0.3, -0.25) is 14.9 Å². The number of rotatable bonds is 7. The van der Waals surface area contributed by atoms with E-state index in [1.165, 1.54) is 6.92 Å². The van der Waals surface area contributed by atoms with Gasteiger partial charge in [-0.05, 0) is 45.0 Å². The molecule has 0 aliphatic heterocycles. The lowest BCUT2D eigenvalue weighted by atomic mass is 10.1. The van der Waals surface area contributed by atoms with E-state index >= 15 is 0 Å². The molecule has 1 aromatic heterocycles. The Morgan fingerprint density at radius 1 is 1.20 bits per heavy atom. The summed E-state index contributed by atoms with van der Waals surface area (Å²) in [5.41, 5.74) is 1.07. The van der Waals surface area contributed by atoms with Crippen LogP contribution in [-0.2, 0) is 9.53 Å². The van der Waals surface area contributed by atoms with Gasteiger partial charge in [0, 0.05) is 5.56 Å². The van der Waals surface area contributed by atoms with Gasteiger partial charge in [-0.15, -0.1) is 0 Å². The maximum Gasteiger partial charge on any atom is 0.350 e. The highest BCUT2D eigenvalue weighted by molar-refractivity contribution is 7.17. The number of aryl methyl sites for hydroxylation is 1. The van der Waals surface area contributed by atoms with Crippen LogP contribution < -0.4 is 10.1 Å². The Hall–Kier alpha value is -2.74. The fraction of sp³-hybridized carbons (Fsp3) is 0.294. The van der Waals surface area contributed by atoms with Crippen molar-refractivity contribution in [1.29, 1.82) is 0 Å². The minimum absolute atomic E-state index is 0.0409. The standard InChI is InChI=1S/C17H18N2O5S/c1-4-23-16(22)15-10(2)18-17(25-15)19-14(21)9-24-13-7-5-12(6-8-13)11(3)20/h5-8H,4,9H2,1-3H3,(H,18,19,21). The van der Waals surface area contributed by atoms with Gasteiger partial charge in [-0.1, -0.05) is 11.3 Å². The van der Waals surface area contributed by atoms with E-state index < -0.39 is 11.9 Å². The number of carbonyl (C=O) groups excluding carboxylic acids is 3. The zero-order chi connectivity index (χ0) is 18.4. The van der Waals surface area contributed by atoms with Crippen molar-refractivity contribution in [3.63, 3.8) is 0 Å². The summed E-state index contributed by atoms with van der Waals surface area (Å²) in [6, 6.07) is 6.50. The molecule has 0 spiro atoms. The highest BCUT2D eigenvalue weighted by Gasteiger charge is 2.17. The smallest absolute Gasteiger partial charge is 0.350 e. The van der Waals surface area contributed by atoms with Crippen LogP contribution in [0.4, 0.5) is 5.13 Å². The molecule has 1 amide bonds. The summed E-state index contributed by atoms with van der Waals surface area (Å²) in [4.78, 5) is 39.4. The molecule has 2 rings (SSSR count). The van der Waals surface area contributed by atoms with E-state index in [-0.39, 0.29) is 19.0 Å². The van der Waals surface area contributed by atoms with E-state index in [9.17, 15) is 14.4 Å². The number of ketones is 1. The van der Waals surface area contributed by atoms with E-state index in [1.807, 2.05) is 0 Å². The Labute approximate surface area is 149 Å². The van der Waals surface area contributed by atoms with E-state index in [0.29, 0.717) is 27.0 Å². The number of thiazole rings is 1. The Balaban J connectivity index is 1.91. The average molecular weight is 362 g/mol. The second-order valence-electron chi connectivity index (χ2n) is 5.07. The quantitative estimate of drug-likeness (QED) is 0.601. The second kappa shape index (κ2) is 8.39. The van der Waals surface area contributed by atoms with E-state index in [1.54, 1.807) is 38.1 Å². The second-order valence-corrected chi connectivity index (χ2v) is 6.07. The molecular formula is C17H18N2O5S. The molecule has 8 heteroatoms. The lowest BCUT2D eigenvalue weighted by Crippen LogP contribution is -2.20. The molecule has 0 saturated heterocycles. The largest absolute Gasteiger partial charge is 0.484 e. The SMILES string of the molecule is CCOC(=O)c1sc(NC(=O)COc2ccc(C(C)=O)cc2)nc1C. The summed E-state index contributed by atoms with van der Waals surface area (Å²) in [5, 5.41) is 2.89. The number of anilines is 1. The number of nitrogens with one attached hydrogen (secondary N) is 1. The summed E-state index contributed by atoms with van der Waals surface area (Å²) in [5.74, 6) is -0.428. The highest BCUT2D eigenvalue weighted by atomic mass is 32.1. The Kier molecular flexibility index (Phi) is 6.24. The number of ether oxygens (including phenoxy) is 2. The monoisotopic (exact) mass is 362 g/mol. The van der Waals surface area contributed by atoms with Gasteiger partial charge in [0.05, 0.1) is 12.3 Å². The molecular weight excluding hydrogens is 344 g/mol. The summed E-state index contributed by atoms with van der Waals surface area (Å²) in [6.07, 6.45) is 0. The van der Waals surface area contributed by atoms with Gasteiger partial charge in [-0.25, -0.2) is 9.78 Å². The van der Waals surface area contributed by atoms with Crippen molar-refractivity contribution < 1.29 is 23.9 Å². The van der Waals surface area contributed by atoms with Gasteiger partial charge in [0.25, 0.3) is 5.91 Å². The molecule has 0 unspecified atom stereocenters. The molecule has 7 nitrogen and oxygen atoms in total. The number of Topliss-reactive ketones (excluding diaryl/α,β-unsaturated/α-hetero) is 1. The highest BCUT2D eigenvalue weighted by Crippen LogP contribution is 2.23. The zero-order valence-corrected chi connectivity index (χ0v) is 14.9. The first-order chi connectivity index (χ1) is 11.9. The first kappa shape index (κ1) is 18.6. The van der Waals surface area contributed by atoms with Crippen molar-refractivity contribution in [2.24, 2.45) is 0 Å². The maximum absolute atomic E-state index is 11.9. The molecule has 0 atom stereocenters. The number of hydrogen-bond acceptors (Lipinski definition) is 7. The van der Waals surface area contributed by atoms with Crippen molar-refractivity contribution >= 4 is 34.1 Å². The predicted molar refractivity (Wildman–Crippen MR) is 93.4 cm³/mol. The van der Waals surface area contributed by atoms with Crippen LogP contribution in [0.5, 0.6) is 5.75 Å². The zero-order valence-electron chi connectivity index (χ0n) is 14.1. The van der Waals surface area contributed by atoms with Crippen molar-refractivity contribution in [2.75, 3.05) is 18.5 Å². The molecule has 0 saturated carbocycles. The lowest BCUT2D eigenvalue weighted by molar-refractivity contribution is -0.118. The molecule has 0 aliphatic rings. The molecule has 0 radical (unpaired) electrons. The van der Waals surface area contributed by atoms with Crippen LogP contribution in [0.15, 0.2) is 24.3 Å². The van der Waals surface area contributed by atoms with Crippen molar-refractivity contribution in [2.45, 2.75) is 20.8 Å². The molecule has 1 N–H and O–H groups in total. The third-order valence-electron chi connectivity index (χ3n) is 3.13. The normalized spacial score (nSPS) is 10.2. The van der Waals surface area contributed by atoms with E-state index in [2.05, 4.69) is 10.3 Å². The minimum Gasteiger partial charge on any atom is -0.484 e. The molecule has 0 aliphatic carbocycles. The first-order valence-corrected chi connectivity index (χ1v) is 8.40. The van der Waals surface area contributed by atoms with Crippen molar-refractivity contribution in [3.05, 3.63) is 40.4 Å². The first-order valence-electron chi connectivity index (χ1n) is 7.59. The van der Waals surface area contributed by atoms with Crippen molar-refractivity contribution in [3.8, 4) is 5.75 Å². The van der Waals surface area contributed by atoms with Crippen LogP contribution in [0.1, 0.15) is 39.6 Å². The molecule has 0 bridgehead atoms. The van der Waals surface area contributed by atoms with Gasteiger partial charge in [0.15, 0.2) is 17.5 Å². The topological polar surface area (TPSA) is 94.6 Å². The summed E-state index contributed by atoms with van der Waals surface area (Å²) in [7, 11) is 0. The Morgan fingerprint density at radius 3 is 2.48 bits per heavy atom. The molecule has 1 aromatic carbocycles. The van der Waals surface area contributed by atoms with Crippen LogP contribution in [0, 0.1) is 6.92 Å². The van der Waals surface area contributed by atoms with Gasteiger partial charge < -0.3 is 9.47 Å². The molecule has 2 aromatic rings. The number of carbonyl (C=O) groups is 3. The molecule has 1 heterocycles. The van der Waals surface area contributed by atoms with Crippen LogP contribution >= 0.6 is 11.3 Å². The predicted octanol–water partition coefficient (Wildman–Crippen LogP) is 2.85. The number of benzene rings is 1. The van der Waals surface area contributed by atoms with Crippen LogP contribution in [0.3, 0.4) is 0 Å². The van der Waals surface area contributed by atoms with Crippen LogP contribution in [0.25, 0.3) is 0 Å². The summed E-state index contributed by atoms with van der Waals surface area (Å²) < 4.78 is 10.3.